The summed E-state index contributed by atoms with van der Waals surface area (Å²) >= 11 is 7.15. The molecule has 30 heavy (non-hydrogen) atoms. The molecule has 0 aliphatic heterocycles. The second-order valence-corrected chi connectivity index (χ2v) is 8.32. The van der Waals surface area contributed by atoms with Gasteiger partial charge in [0.05, 0.1) is 11.6 Å². The molecule has 154 valence electrons. The average Bonchev–Trinajstić information content (AvgIpc) is 3.28. The topological polar surface area (TPSA) is 71.1 Å². The molecule has 0 fully saturated rings. The van der Waals surface area contributed by atoms with Gasteiger partial charge >= 0.3 is 0 Å². The van der Waals surface area contributed by atoms with Crippen LogP contribution in [0.5, 0.6) is 0 Å². The number of carbonyl (C=O) groups excluding carboxylic acids is 2. The zero-order valence-corrected chi connectivity index (χ0v) is 17.1. The standard InChI is InChI=1S/C21H16ClF2N3O2S/c22-12-6-4-11(5-7-12)19(28)27-21-26-18-13(8-9-17(18)30-21)20(29)25-10-14-15(23)2-1-3-16(14)24/h1-7,13H,8-10H2,(H,25,29)(H,26,27,28). The van der Waals surface area contributed by atoms with Gasteiger partial charge in [-0.2, -0.15) is 0 Å². The fourth-order valence-electron chi connectivity index (χ4n) is 3.31. The van der Waals surface area contributed by atoms with Crippen LogP contribution in [-0.2, 0) is 17.8 Å². The molecule has 2 aromatic carbocycles. The lowest BCUT2D eigenvalue weighted by Crippen LogP contribution is -2.29. The van der Waals surface area contributed by atoms with E-state index >= 15 is 0 Å². The van der Waals surface area contributed by atoms with Crippen LogP contribution in [-0.4, -0.2) is 16.8 Å². The van der Waals surface area contributed by atoms with Gasteiger partial charge in [-0.25, -0.2) is 13.8 Å². The van der Waals surface area contributed by atoms with Gasteiger partial charge in [0.1, 0.15) is 11.6 Å². The molecule has 1 heterocycles. The molecule has 0 bridgehead atoms. The summed E-state index contributed by atoms with van der Waals surface area (Å²) in [7, 11) is 0. The van der Waals surface area contributed by atoms with E-state index in [9.17, 15) is 18.4 Å². The first-order valence-electron chi connectivity index (χ1n) is 9.19. The summed E-state index contributed by atoms with van der Waals surface area (Å²) in [5.41, 5.74) is 0.854. The largest absolute Gasteiger partial charge is 0.351 e. The monoisotopic (exact) mass is 447 g/mol. The summed E-state index contributed by atoms with van der Waals surface area (Å²) in [4.78, 5) is 30.3. The van der Waals surface area contributed by atoms with Crippen LogP contribution in [0.4, 0.5) is 13.9 Å². The molecule has 1 unspecified atom stereocenters. The predicted octanol–water partition coefficient (Wildman–Crippen LogP) is 4.67. The van der Waals surface area contributed by atoms with E-state index < -0.39 is 17.6 Å². The highest BCUT2D eigenvalue weighted by Gasteiger charge is 2.33. The van der Waals surface area contributed by atoms with E-state index in [0.29, 0.717) is 34.3 Å². The third-order valence-electron chi connectivity index (χ3n) is 4.86. The molecule has 1 aromatic heterocycles. The molecule has 0 saturated carbocycles. The van der Waals surface area contributed by atoms with Crippen LogP contribution in [0.1, 0.15) is 38.8 Å². The van der Waals surface area contributed by atoms with E-state index in [1.54, 1.807) is 24.3 Å². The summed E-state index contributed by atoms with van der Waals surface area (Å²) < 4.78 is 27.5. The summed E-state index contributed by atoms with van der Waals surface area (Å²) in [6.07, 6.45) is 1.21. The molecule has 1 aliphatic carbocycles. The maximum Gasteiger partial charge on any atom is 0.257 e. The second kappa shape index (κ2) is 8.49. The predicted molar refractivity (Wildman–Crippen MR) is 111 cm³/mol. The maximum atomic E-state index is 13.8. The number of nitrogens with one attached hydrogen (secondary N) is 2. The first kappa shape index (κ1) is 20.4. The van der Waals surface area contributed by atoms with Crippen LogP contribution >= 0.6 is 22.9 Å². The highest BCUT2D eigenvalue weighted by Crippen LogP contribution is 2.38. The zero-order chi connectivity index (χ0) is 21.3. The van der Waals surface area contributed by atoms with Crippen molar-refractivity contribution in [1.82, 2.24) is 10.3 Å². The number of amides is 2. The van der Waals surface area contributed by atoms with E-state index in [-0.39, 0.29) is 23.9 Å². The lowest BCUT2D eigenvalue weighted by atomic mass is 10.1. The smallest absolute Gasteiger partial charge is 0.257 e. The van der Waals surface area contributed by atoms with Crippen molar-refractivity contribution < 1.29 is 18.4 Å². The SMILES string of the molecule is O=C(Nc1nc2c(s1)CCC2C(=O)NCc1c(F)cccc1F)c1ccc(Cl)cc1. The van der Waals surface area contributed by atoms with Crippen molar-refractivity contribution in [2.75, 3.05) is 5.32 Å². The van der Waals surface area contributed by atoms with Crippen molar-refractivity contribution in [1.29, 1.82) is 0 Å². The molecular weight excluding hydrogens is 432 g/mol. The Morgan fingerprint density at radius 2 is 1.83 bits per heavy atom. The van der Waals surface area contributed by atoms with Gasteiger partial charge in [-0.05, 0) is 49.2 Å². The first-order valence-corrected chi connectivity index (χ1v) is 10.4. The number of anilines is 1. The zero-order valence-electron chi connectivity index (χ0n) is 15.5. The van der Waals surface area contributed by atoms with Gasteiger partial charge in [-0.3, -0.25) is 14.9 Å². The number of fused-ring (bicyclic) bond motifs is 1. The van der Waals surface area contributed by atoms with Crippen LogP contribution in [0.15, 0.2) is 42.5 Å². The molecule has 3 aromatic rings. The van der Waals surface area contributed by atoms with E-state index in [1.165, 1.54) is 17.4 Å². The van der Waals surface area contributed by atoms with Crippen molar-refractivity contribution in [3.05, 3.63) is 80.8 Å². The molecule has 0 saturated heterocycles. The highest BCUT2D eigenvalue weighted by molar-refractivity contribution is 7.16. The van der Waals surface area contributed by atoms with Crippen LogP contribution in [0.3, 0.4) is 0 Å². The van der Waals surface area contributed by atoms with Crippen molar-refractivity contribution in [2.45, 2.75) is 25.3 Å². The third-order valence-corrected chi connectivity index (χ3v) is 6.16. The Labute approximate surface area is 180 Å². The molecule has 5 nitrogen and oxygen atoms in total. The Morgan fingerprint density at radius 1 is 1.13 bits per heavy atom. The fourth-order valence-corrected chi connectivity index (χ4v) is 4.47. The number of hydrogen-bond donors (Lipinski definition) is 2. The Balaban J connectivity index is 1.43. The fraction of sp³-hybridized carbons (Fsp3) is 0.190. The maximum absolute atomic E-state index is 13.8. The minimum absolute atomic E-state index is 0.182. The third kappa shape index (κ3) is 4.20. The van der Waals surface area contributed by atoms with E-state index in [2.05, 4.69) is 15.6 Å². The summed E-state index contributed by atoms with van der Waals surface area (Å²) in [6.45, 7) is -0.243. The minimum Gasteiger partial charge on any atom is -0.351 e. The van der Waals surface area contributed by atoms with Gasteiger partial charge < -0.3 is 5.32 Å². The van der Waals surface area contributed by atoms with E-state index in [0.717, 1.165) is 17.0 Å². The lowest BCUT2D eigenvalue weighted by molar-refractivity contribution is -0.122. The van der Waals surface area contributed by atoms with Gasteiger partial charge in [0, 0.05) is 27.6 Å². The molecular formula is C21H16ClF2N3O2S. The normalized spacial score (nSPS) is 15.0. The van der Waals surface area contributed by atoms with Gasteiger partial charge in [-0.1, -0.05) is 17.7 Å². The molecule has 0 radical (unpaired) electrons. The summed E-state index contributed by atoms with van der Waals surface area (Å²) in [6, 6.07) is 10.0. The minimum atomic E-state index is -0.705. The molecule has 2 N–H and O–H groups in total. The van der Waals surface area contributed by atoms with Crippen molar-refractivity contribution in [2.24, 2.45) is 0 Å². The molecule has 2 amide bonds. The Morgan fingerprint density at radius 3 is 2.53 bits per heavy atom. The van der Waals surface area contributed by atoms with Crippen LogP contribution in [0.2, 0.25) is 5.02 Å². The van der Waals surface area contributed by atoms with Gasteiger partial charge in [-0.15, -0.1) is 11.3 Å². The number of benzene rings is 2. The van der Waals surface area contributed by atoms with Crippen molar-refractivity contribution in [3.63, 3.8) is 0 Å². The van der Waals surface area contributed by atoms with Crippen LogP contribution in [0, 0.1) is 11.6 Å². The summed E-state index contributed by atoms with van der Waals surface area (Å²) in [5.74, 6) is -2.61. The number of nitrogens with zero attached hydrogens (tertiary/aromatic N) is 1. The molecule has 0 spiro atoms. The number of aromatic nitrogens is 1. The van der Waals surface area contributed by atoms with Gasteiger partial charge in [0.15, 0.2) is 5.13 Å². The van der Waals surface area contributed by atoms with E-state index in [4.69, 9.17) is 11.6 Å². The Hall–Kier alpha value is -2.84. The number of thiazole rings is 1. The molecule has 4 rings (SSSR count). The highest BCUT2D eigenvalue weighted by atomic mass is 35.5. The number of aryl methyl sites for hydroxylation is 1. The Kier molecular flexibility index (Phi) is 5.78. The number of rotatable bonds is 5. The van der Waals surface area contributed by atoms with Crippen molar-refractivity contribution >= 4 is 39.9 Å². The van der Waals surface area contributed by atoms with Crippen LogP contribution < -0.4 is 10.6 Å². The van der Waals surface area contributed by atoms with Crippen molar-refractivity contribution in [3.8, 4) is 0 Å². The van der Waals surface area contributed by atoms with Gasteiger partial charge in [0.2, 0.25) is 5.91 Å². The molecule has 1 atom stereocenters. The second-order valence-electron chi connectivity index (χ2n) is 6.80. The van der Waals surface area contributed by atoms with Crippen LogP contribution in [0.25, 0.3) is 0 Å². The quantitative estimate of drug-likeness (QED) is 0.597. The molecule has 1 aliphatic rings. The molecule has 9 heteroatoms. The average molecular weight is 448 g/mol. The van der Waals surface area contributed by atoms with E-state index in [1.807, 2.05) is 0 Å². The lowest BCUT2D eigenvalue weighted by Gasteiger charge is -2.11. The van der Waals surface area contributed by atoms with Gasteiger partial charge in [0.25, 0.3) is 5.91 Å². The Bertz CT molecular complexity index is 1100. The number of carbonyl (C=O) groups is 2. The first-order chi connectivity index (χ1) is 14.4. The number of hydrogen-bond acceptors (Lipinski definition) is 4. The summed E-state index contributed by atoms with van der Waals surface area (Å²) in [5, 5.41) is 6.26. The number of halogens is 3.